The molecule has 0 spiro atoms. The highest BCUT2D eigenvalue weighted by Gasteiger charge is 2.34. The van der Waals surface area contributed by atoms with Crippen molar-refractivity contribution in [1.82, 2.24) is 33.7 Å². The number of alkyl halides is 2. The molecule has 1 unspecified atom stereocenters. The Morgan fingerprint density at radius 1 is 1.04 bits per heavy atom. The average molecular weight is 760 g/mol. The number of carbonyl (C=O) groups is 3. The Kier molecular flexibility index (Phi) is 9.81. The highest BCUT2D eigenvalue weighted by Crippen LogP contribution is 2.42. The minimum Gasteiger partial charge on any atom is -0.370 e. The quantitative estimate of drug-likeness (QED) is 0.189. The minimum absolute atomic E-state index is 0.0726. The molecule has 1 aliphatic carbocycles. The zero-order valence-electron chi connectivity index (χ0n) is 30.2. The van der Waals surface area contributed by atoms with Gasteiger partial charge in [0, 0.05) is 63.7 Å². The molecule has 1 saturated carbocycles. The zero-order chi connectivity index (χ0) is 37.7. The van der Waals surface area contributed by atoms with Gasteiger partial charge in [-0.25, -0.2) is 23.5 Å². The van der Waals surface area contributed by atoms with Gasteiger partial charge >= 0.3 is 5.69 Å². The van der Waals surface area contributed by atoms with Crippen LogP contribution in [0.25, 0.3) is 16.7 Å². The summed E-state index contributed by atoms with van der Waals surface area (Å²) in [7, 11) is 3.92. The van der Waals surface area contributed by atoms with Crippen LogP contribution in [0.1, 0.15) is 90.8 Å². The van der Waals surface area contributed by atoms with Crippen LogP contribution in [0.3, 0.4) is 0 Å². The fourth-order valence-corrected chi connectivity index (χ4v) is 9.79. The van der Waals surface area contributed by atoms with Crippen LogP contribution in [0.5, 0.6) is 0 Å². The van der Waals surface area contributed by atoms with Crippen LogP contribution in [0.2, 0.25) is 0 Å². The number of hydrogen-bond donors (Lipinski definition) is 2. The second-order valence-corrected chi connectivity index (χ2v) is 15.8. The number of halogens is 2. The summed E-state index contributed by atoms with van der Waals surface area (Å²) >= 11 is 1.16. The molecule has 13 nitrogen and oxygen atoms in total. The second kappa shape index (κ2) is 14.7. The summed E-state index contributed by atoms with van der Waals surface area (Å²) in [6, 6.07) is 8.88. The number of nitrogens with one attached hydrogen (secondary N) is 2. The lowest BCUT2D eigenvalue weighted by molar-refractivity contribution is -0.135. The molecule has 3 amide bonds. The van der Waals surface area contributed by atoms with Crippen molar-refractivity contribution in [2.75, 3.05) is 36.9 Å². The van der Waals surface area contributed by atoms with Crippen molar-refractivity contribution in [2.24, 2.45) is 13.0 Å². The van der Waals surface area contributed by atoms with Gasteiger partial charge in [-0.3, -0.25) is 28.8 Å². The third kappa shape index (κ3) is 6.69. The summed E-state index contributed by atoms with van der Waals surface area (Å²) in [6.45, 7) is 2.61. The standard InChI is InChI=1S/C38H43F2N9O4S/c1-45(24-13-18-47(19-14-24)26-5-3-6-27-31(26)46(2)38(53)49(27)28-11-12-29(50)42-35(28)52)21-22-7-9-23(10-8-22)36-43-30(32(39)40)37(54-36)44-34(51)25-15-20-48-17-4-16-41-33(25)48/h3-6,15-17,20,22-24,28,32H,7-14,18-19,21H2,1-2H3,(H,44,51)(H,42,50,52)/t22-,23-,28?. The van der Waals surface area contributed by atoms with E-state index in [0.717, 1.165) is 80.7 Å². The van der Waals surface area contributed by atoms with E-state index >= 15 is 0 Å². The first-order chi connectivity index (χ1) is 26.1. The number of para-hydroxylation sites is 1. The van der Waals surface area contributed by atoms with Gasteiger partial charge in [-0.2, -0.15) is 0 Å². The maximum atomic E-state index is 14.1. The first-order valence-electron chi connectivity index (χ1n) is 18.6. The Bertz CT molecular complexity index is 2280. The third-order valence-electron chi connectivity index (χ3n) is 11.5. The van der Waals surface area contributed by atoms with Crippen LogP contribution >= 0.6 is 11.3 Å². The first kappa shape index (κ1) is 36.0. The van der Waals surface area contributed by atoms with Crippen molar-refractivity contribution in [3.8, 4) is 0 Å². The molecule has 1 atom stereocenters. The fourth-order valence-electron chi connectivity index (χ4n) is 8.65. The van der Waals surface area contributed by atoms with Crippen molar-refractivity contribution in [3.05, 3.63) is 75.7 Å². The number of benzene rings is 1. The van der Waals surface area contributed by atoms with Crippen LogP contribution in [0.4, 0.5) is 19.5 Å². The van der Waals surface area contributed by atoms with E-state index in [1.807, 2.05) is 18.2 Å². The number of imidazole rings is 1. The minimum atomic E-state index is -2.80. The van der Waals surface area contributed by atoms with E-state index in [2.05, 4.69) is 37.4 Å². The van der Waals surface area contributed by atoms with Crippen molar-refractivity contribution >= 4 is 56.4 Å². The van der Waals surface area contributed by atoms with E-state index in [-0.39, 0.29) is 34.6 Å². The normalized spacial score (nSPS) is 21.4. The summed E-state index contributed by atoms with van der Waals surface area (Å²) in [6.07, 6.45) is 8.34. The molecule has 3 fully saturated rings. The maximum Gasteiger partial charge on any atom is 0.329 e. The number of rotatable bonds is 9. The summed E-state index contributed by atoms with van der Waals surface area (Å²) in [5.41, 5.74) is 2.57. The Morgan fingerprint density at radius 2 is 1.81 bits per heavy atom. The van der Waals surface area contributed by atoms with Gasteiger partial charge in [0.25, 0.3) is 12.3 Å². The van der Waals surface area contributed by atoms with E-state index in [4.69, 9.17) is 0 Å². The lowest BCUT2D eigenvalue weighted by Crippen LogP contribution is -2.45. The number of fused-ring (bicyclic) bond motifs is 2. The van der Waals surface area contributed by atoms with E-state index in [1.54, 1.807) is 46.7 Å². The molecule has 16 heteroatoms. The van der Waals surface area contributed by atoms with Crippen LogP contribution < -0.4 is 21.2 Å². The second-order valence-electron chi connectivity index (χ2n) is 14.8. The van der Waals surface area contributed by atoms with Crippen LogP contribution in [0, 0.1) is 5.92 Å². The highest BCUT2D eigenvalue weighted by atomic mass is 32.1. The average Bonchev–Trinajstić information content (AvgIpc) is 3.87. The molecule has 2 N–H and O–H groups in total. The molecular formula is C38H43F2N9O4S. The van der Waals surface area contributed by atoms with Gasteiger partial charge in [0.05, 0.1) is 27.3 Å². The van der Waals surface area contributed by atoms with Gasteiger partial charge in [0.2, 0.25) is 11.8 Å². The summed E-state index contributed by atoms with van der Waals surface area (Å²) in [5.74, 6) is -0.681. The van der Waals surface area contributed by atoms with Gasteiger partial charge < -0.3 is 19.5 Å². The largest absolute Gasteiger partial charge is 0.370 e. The maximum absolute atomic E-state index is 14.1. The predicted molar refractivity (Wildman–Crippen MR) is 201 cm³/mol. The molecular weight excluding hydrogens is 717 g/mol. The van der Waals surface area contributed by atoms with E-state index in [9.17, 15) is 28.0 Å². The Morgan fingerprint density at radius 3 is 2.56 bits per heavy atom. The first-order valence-corrected chi connectivity index (χ1v) is 19.4. The molecule has 4 aromatic heterocycles. The molecule has 2 aliphatic heterocycles. The molecule has 54 heavy (non-hydrogen) atoms. The van der Waals surface area contributed by atoms with Crippen molar-refractivity contribution in [2.45, 2.75) is 75.8 Å². The number of aromatic nitrogens is 5. The van der Waals surface area contributed by atoms with Crippen molar-refractivity contribution in [3.63, 3.8) is 0 Å². The number of carbonyl (C=O) groups excluding carboxylic acids is 3. The smallest absolute Gasteiger partial charge is 0.329 e. The van der Waals surface area contributed by atoms with Crippen LogP contribution in [-0.2, 0) is 16.6 Å². The summed E-state index contributed by atoms with van der Waals surface area (Å²) < 4.78 is 33.0. The lowest BCUT2D eigenvalue weighted by atomic mass is 9.82. The highest BCUT2D eigenvalue weighted by molar-refractivity contribution is 7.16. The van der Waals surface area contributed by atoms with E-state index in [1.165, 1.54) is 4.57 Å². The zero-order valence-corrected chi connectivity index (χ0v) is 31.0. The molecule has 3 aliphatic rings. The number of hydrogen-bond acceptors (Lipinski definition) is 9. The monoisotopic (exact) mass is 759 g/mol. The number of nitrogens with zero attached hydrogens (tertiary/aromatic N) is 7. The van der Waals surface area contributed by atoms with E-state index in [0.29, 0.717) is 40.1 Å². The van der Waals surface area contributed by atoms with Crippen LogP contribution in [0.15, 0.2) is 53.7 Å². The van der Waals surface area contributed by atoms with Gasteiger partial charge in [-0.1, -0.05) is 6.07 Å². The molecule has 2 saturated heterocycles. The number of piperidine rings is 2. The summed E-state index contributed by atoms with van der Waals surface area (Å²) in [4.78, 5) is 64.4. The van der Waals surface area contributed by atoms with Crippen molar-refractivity contribution in [1.29, 1.82) is 0 Å². The number of amides is 3. The Labute approximate surface area is 314 Å². The van der Waals surface area contributed by atoms with E-state index < -0.39 is 24.3 Å². The van der Waals surface area contributed by atoms with Gasteiger partial charge in [0.1, 0.15) is 22.4 Å². The number of thiazole rings is 1. The number of anilines is 2. The molecule has 8 rings (SSSR count). The van der Waals surface area contributed by atoms with Gasteiger partial charge in [-0.15, -0.1) is 11.3 Å². The number of aryl methyl sites for hydroxylation is 1. The molecule has 284 valence electrons. The van der Waals surface area contributed by atoms with Gasteiger partial charge in [0.15, 0.2) is 0 Å². The Hall–Kier alpha value is -4.96. The fraction of sp³-hybridized carbons (Fsp3) is 0.474. The third-order valence-corrected chi connectivity index (χ3v) is 12.7. The number of imide groups is 1. The Balaban J connectivity index is 0.868. The predicted octanol–water partition coefficient (Wildman–Crippen LogP) is 5.49. The summed E-state index contributed by atoms with van der Waals surface area (Å²) in [5, 5.41) is 5.82. The topological polar surface area (TPSA) is 139 Å². The molecule has 0 bridgehead atoms. The molecule has 1 aromatic carbocycles. The molecule has 5 aromatic rings. The SMILES string of the molecule is CN(C[C@H]1CC[C@H](c2nc(C(F)F)c(NC(=O)c3ccn4cccnc34)s2)CC1)C1CCN(c2cccc3c2n(C)c(=O)n3C2CCC(=O)NC2=O)CC1. The molecule has 6 heterocycles. The van der Waals surface area contributed by atoms with Gasteiger partial charge in [-0.05, 0) is 82.2 Å². The molecule has 0 radical (unpaired) electrons. The van der Waals surface area contributed by atoms with Crippen LogP contribution in [-0.4, -0.2) is 78.8 Å². The lowest BCUT2D eigenvalue weighted by Gasteiger charge is -2.40. The van der Waals surface area contributed by atoms with Crippen molar-refractivity contribution < 1.29 is 23.2 Å².